The number of halogens is 1. The Labute approximate surface area is 181 Å². The van der Waals surface area contributed by atoms with Gasteiger partial charge in [-0.15, -0.1) is 0 Å². The SMILES string of the molecule is CCOc1ccc(Cc2cc([C@]34OC[C@](C(C)F)(O3)[C@@H](O)[C@H](O)[C@H]4O)ccc2C)cc1. The van der Waals surface area contributed by atoms with Crippen molar-refractivity contribution in [2.75, 3.05) is 13.2 Å². The van der Waals surface area contributed by atoms with Gasteiger partial charge in [-0.2, -0.15) is 0 Å². The van der Waals surface area contributed by atoms with Gasteiger partial charge < -0.3 is 29.5 Å². The maximum Gasteiger partial charge on any atom is 0.225 e. The zero-order chi connectivity index (χ0) is 22.4. The van der Waals surface area contributed by atoms with E-state index in [0.29, 0.717) is 18.6 Å². The topological polar surface area (TPSA) is 88.4 Å². The molecule has 2 aliphatic rings. The number of benzene rings is 2. The summed E-state index contributed by atoms with van der Waals surface area (Å²) in [6.45, 7) is 5.49. The van der Waals surface area contributed by atoms with Crippen molar-refractivity contribution in [3.05, 3.63) is 64.7 Å². The van der Waals surface area contributed by atoms with Crippen molar-refractivity contribution in [1.82, 2.24) is 0 Å². The second-order valence-corrected chi connectivity index (χ2v) is 8.40. The monoisotopic (exact) mass is 432 g/mol. The van der Waals surface area contributed by atoms with E-state index < -0.39 is 35.9 Å². The summed E-state index contributed by atoms with van der Waals surface area (Å²) in [6, 6.07) is 13.3. The standard InChI is InChI=1S/C24H29FO6/c1-4-29-19-9-6-16(7-10-19)11-17-12-18(8-5-14(17)2)24-22(28)20(26)21(27)23(31-24,13-30-24)15(3)25/h5-10,12,15,20-22,26-28H,4,11,13H2,1-3H3/t15?,20-,21-,22+,23+,24-/m0/s1. The zero-order valence-electron chi connectivity index (χ0n) is 17.9. The molecule has 168 valence electrons. The first-order chi connectivity index (χ1) is 14.7. The molecule has 3 N–H and O–H groups in total. The van der Waals surface area contributed by atoms with Crippen LogP contribution in [0.1, 0.15) is 36.1 Å². The highest BCUT2D eigenvalue weighted by Crippen LogP contribution is 2.51. The molecule has 2 aliphatic heterocycles. The molecule has 0 saturated carbocycles. The molecule has 0 aromatic heterocycles. The summed E-state index contributed by atoms with van der Waals surface area (Å²) < 4.78 is 31.7. The fraction of sp³-hybridized carbons (Fsp3) is 0.500. The summed E-state index contributed by atoms with van der Waals surface area (Å²) in [5.41, 5.74) is 1.81. The number of ether oxygens (including phenoxy) is 3. The third-order valence-corrected chi connectivity index (χ3v) is 6.44. The summed E-state index contributed by atoms with van der Waals surface area (Å²) in [6.07, 6.45) is -5.77. The Kier molecular flexibility index (Phi) is 5.83. The van der Waals surface area contributed by atoms with Gasteiger partial charge in [0.15, 0.2) is 5.60 Å². The molecule has 2 aromatic carbocycles. The maximum absolute atomic E-state index is 14.5. The van der Waals surface area contributed by atoms with Crippen molar-refractivity contribution < 1.29 is 33.9 Å². The normalized spacial score (nSPS) is 33.3. The fourth-order valence-corrected chi connectivity index (χ4v) is 4.45. The smallest absolute Gasteiger partial charge is 0.225 e. The molecule has 0 amide bonds. The van der Waals surface area contributed by atoms with Crippen molar-refractivity contribution in [3.63, 3.8) is 0 Å². The Balaban J connectivity index is 1.67. The van der Waals surface area contributed by atoms with Gasteiger partial charge in [-0.25, -0.2) is 4.39 Å². The van der Waals surface area contributed by atoms with Crippen LogP contribution in [0.25, 0.3) is 0 Å². The Morgan fingerprint density at radius 2 is 1.84 bits per heavy atom. The van der Waals surface area contributed by atoms with Crippen molar-refractivity contribution in [3.8, 4) is 5.75 Å². The van der Waals surface area contributed by atoms with Crippen LogP contribution in [0.4, 0.5) is 4.39 Å². The molecule has 7 heteroatoms. The molecular formula is C24H29FO6. The minimum Gasteiger partial charge on any atom is -0.494 e. The minimum absolute atomic E-state index is 0.276. The van der Waals surface area contributed by atoms with Crippen LogP contribution in [0.15, 0.2) is 42.5 Å². The van der Waals surface area contributed by atoms with Gasteiger partial charge in [0.1, 0.15) is 30.2 Å². The van der Waals surface area contributed by atoms with Gasteiger partial charge in [-0.05, 0) is 62.1 Å². The van der Waals surface area contributed by atoms with Crippen LogP contribution in [0.2, 0.25) is 0 Å². The fourth-order valence-electron chi connectivity index (χ4n) is 4.45. The second kappa shape index (κ2) is 8.15. The number of alkyl halides is 1. The lowest BCUT2D eigenvalue weighted by atomic mass is 9.81. The Morgan fingerprint density at radius 1 is 1.13 bits per heavy atom. The number of hydrogen-bond donors (Lipinski definition) is 3. The number of rotatable bonds is 6. The average Bonchev–Trinajstić information content (AvgIpc) is 3.15. The summed E-state index contributed by atoms with van der Waals surface area (Å²) in [5, 5.41) is 31.6. The van der Waals surface area contributed by atoms with E-state index in [1.165, 1.54) is 6.92 Å². The molecule has 1 unspecified atom stereocenters. The molecule has 31 heavy (non-hydrogen) atoms. The summed E-state index contributed by atoms with van der Waals surface area (Å²) in [4.78, 5) is 0. The third-order valence-electron chi connectivity index (χ3n) is 6.44. The van der Waals surface area contributed by atoms with Crippen LogP contribution >= 0.6 is 0 Å². The first-order valence-corrected chi connectivity index (χ1v) is 10.6. The quantitative estimate of drug-likeness (QED) is 0.650. The van der Waals surface area contributed by atoms with Crippen molar-refractivity contribution >= 4 is 0 Å². The van der Waals surface area contributed by atoms with E-state index in [-0.39, 0.29) is 6.61 Å². The highest BCUT2D eigenvalue weighted by molar-refractivity contribution is 5.40. The van der Waals surface area contributed by atoms with Gasteiger partial charge >= 0.3 is 0 Å². The first kappa shape index (κ1) is 22.2. The minimum atomic E-state index is -1.75. The molecule has 0 aliphatic carbocycles. The van der Waals surface area contributed by atoms with E-state index in [4.69, 9.17) is 14.2 Å². The predicted molar refractivity (Wildman–Crippen MR) is 112 cm³/mol. The molecule has 6 atom stereocenters. The maximum atomic E-state index is 14.5. The summed E-state index contributed by atoms with van der Waals surface area (Å²) in [5.74, 6) is -0.946. The Morgan fingerprint density at radius 3 is 2.48 bits per heavy atom. The molecule has 6 nitrogen and oxygen atoms in total. The molecule has 0 radical (unpaired) electrons. The number of aliphatic hydroxyl groups is 3. The zero-order valence-corrected chi connectivity index (χ0v) is 17.9. The van der Waals surface area contributed by atoms with E-state index in [1.54, 1.807) is 6.07 Å². The van der Waals surface area contributed by atoms with E-state index in [2.05, 4.69) is 0 Å². The van der Waals surface area contributed by atoms with Crippen LogP contribution in [-0.4, -0.2) is 58.6 Å². The molecule has 4 rings (SSSR count). The van der Waals surface area contributed by atoms with Gasteiger partial charge in [0.2, 0.25) is 5.79 Å². The van der Waals surface area contributed by atoms with Crippen LogP contribution in [0.5, 0.6) is 5.75 Å². The molecule has 2 fully saturated rings. The van der Waals surface area contributed by atoms with Crippen molar-refractivity contribution in [2.24, 2.45) is 0 Å². The van der Waals surface area contributed by atoms with Crippen molar-refractivity contribution in [1.29, 1.82) is 0 Å². The van der Waals surface area contributed by atoms with Crippen molar-refractivity contribution in [2.45, 2.75) is 63.1 Å². The van der Waals surface area contributed by atoms with Gasteiger partial charge in [-0.3, -0.25) is 0 Å². The second-order valence-electron chi connectivity index (χ2n) is 8.40. The van der Waals surface area contributed by atoms with Crippen LogP contribution in [0, 0.1) is 6.92 Å². The lowest BCUT2D eigenvalue weighted by Gasteiger charge is -2.47. The van der Waals surface area contributed by atoms with Gasteiger partial charge in [0, 0.05) is 5.56 Å². The van der Waals surface area contributed by atoms with E-state index in [9.17, 15) is 19.7 Å². The molecular weight excluding hydrogens is 403 g/mol. The number of aryl methyl sites for hydroxylation is 1. The van der Waals surface area contributed by atoms with Crippen LogP contribution in [-0.2, 0) is 21.7 Å². The lowest BCUT2D eigenvalue weighted by Crippen LogP contribution is -2.67. The van der Waals surface area contributed by atoms with Gasteiger partial charge in [0.05, 0.1) is 13.2 Å². The summed E-state index contributed by atoms with van der Waals surface area (Å²) >= 11 is 0. The van der Waals surface area contributed by atoms with Crippen LogP contribution < -0.4 is 4.74 Å². The highest BCUT2D eigenvalue weighted by atomic mass is 19.1. The molecule has 2 aromatic rings. The van der Waals surface area contributed by atoms with E-state index >= 15 is 0 Å². The Bertz CT molecular complexity index is 932. The van der Waals surface area contributed by atoms with E-state index in [1.807, 2.05) is 50.2 Å². The lowest BCUT2D eigenvalue weighted by molar-refractivity contribution is -0.333. The third kappa shape index (κ3) is 3.54. The molecule has 2 bridgehead atoms. The molecule has 2 heterocycles. The highest BCUT2D eigenvalue weighted by Gasteiger charge is 2.69. The number of hydrogen-bond acceptors (Lipinski definition) is 6. The largest absolute Gasteiger partial charge is 0.494 e. The first-order valence-electron chi connectivity index (χ1n) is 10.6. The number of aliphatic hydroxyl groups excluding tert-OH is 3. The van der Waals surface area contributed by atoms with Gasteiger partial charge in [-0.1, -0.05) is 24.3 Å². The number of fused-ring (bicyclic) bond motifs is 2. The summed E-state index contributed by atoms with van der Waals surface area (Å²) in [7, 11) is 0. The average molecular weight is 432 g/mol. The van der Waals surface area contributed by atoms with Gasteiger partial charge in [0.25, 0.3) is 0 Å². The van der Waals surface area contributed by atoms with Crippen LogP contribution in [0.3, 0.4) is 0 Å². The Hall–Kier alpha value is -2.03. The molecule has 2 saturated heterocycles. The molecule has 0 spiro atoms. The van der Waals surface area contributed by atoms with E-state index in [0.717, 1.165) is 22.4 Å². The predicted octanol–water partition coefficient (Wildman–Crippen LogP) is 2.38.